The van der Waals surface area contributed by atoms with Crippen molar-refractivity contribution in [3.63, 3.8) is 0 Å². The van der Waals surface area contributed by atoms with Crippen molar-refractivity contribution in [2.45, 2.75) is 34.1 Å². The van der Waals surface area contributed by atoms with E-state index in [1.54, 1.807) is 6.92 Å². The van der Waals surface area contributed by atoms with Crippen molar-refractivity contribution in [1.82, 2.24) is 4.90 Å². The molecule has 0 aromatic rings. The molecule has 0 bridgehead atoms. The van der Waals surface area contributed by atoms with Gasteiger partial charge in [0.05, 0.1) is 0 Å². The average molecular weight is 163 g/mol. The van der Waals surface area contributed by atoms with Crippen molar-refractivity contribution in [1.29, 1.82) is 0 Å². The van der Waals surface area contributed by atoms with E-state index < -0.39 is 0 Å². The predicted octanol–water partition coefficient (Wildman–Crippen LogP) is 1.98. The van der Waals surface area contributed by atoms with E-state index in [9.17, 15) is 0 Å². The predicted molar refractivity (Wildman–Crippen MR) is 53.0 cm³/mol. The van der Waals surface area contributed by atoms with Crippen molar-refractivity contribution in [3.8, 4) is 0 Å². The van der Waals surface area contributed by atoms with Crippen LogP contribution >= 0.6 is 0 Å². The van der Waals surface area contributed by atoms with Gasteiger partial charge in [0.2, 0.25) is 0 Å². The fraction of sp³-hybridized carbons (Fsp3) is 1.00. The zero-order valence-electron chi connectivity index (χ0n) is 9.02. The summed E-state index contributed by atoms with van der Waals surface area (Å²) in [6, 6.07) is 0. The molecule has 0 spiro atoms. The lowest BCUT2D eigenvalue weighted by Crippen LogP contribution is -2.08. The third-order valence-corrected chi connectivity index (χ3v) is 0.632. The summed E-state index contributed by atoms with van der Waals surface area (Å²) in [6.45, 7) is 9.44. The van der Waals surface area contributed by atoms with E-state index in [1.165, 1.54) is 6.42 Å². The number of aliphatic hydroxyl groups excluding tert-OH is 1. The molecule has 0 heterocycles. The van der Waals surface area contributed by atoms with Gasteiger partial charge < -0.3 is 10.0 Å². The summed E-state index contributed by atoms with van der Waals surface area (Å²) in [4.78, 5) is 2.12. The number of aliphatic hydroxyl groups is 1. The summed E-state index contributed by atoms with van der Waals surface area (Å²) >= 11 is 0. The zero-order chi connectivity index (χ0) is 9.70. The number of hydrogen-bond donors (Lipinski definition) is 1. The molecule has 0 aliphatic carbocycles. The van der Waals surface area contributed by atoms with Crippen LogP contribution in [0.15, 0.2) is 0 Å². The number of rotatable bonds is 1. The normalized spacial score (nSPS) is 7.64. The smallest absolute Gasteiger partial charge is 0.0402 e. The minimum absolute atomic E-state index is 0.250. The van der Waals surface area contributed by atoms with Crippen LogP contribution in [0.5, 0.6) is 0 Å². The highest BCUT2D eigenvalue weighted by atomic mass is 16.2. The highest BCUT2D eigenvalue weighted by Crippen LogP contribution is 1.63. The summed E-state index contributed by atoms with van der Waals surface area (Å²) in [7, 11) is 4.11. The first-order valence-electron chi connectivity index (χ1n) is 4.36. The third kappa shape index (κ3) is 169. The summed E-state index contributed by atoms with van der Waals surface area (Å²) in [5.41, 5.74) is 0. The molecular formula is C9H25NO. The quantitative estimate of drug-likeness (QED) is 0.639. The fourth-order valence-corrected chi connectivity index (χ4v) is 0. The Labute approximate surface area is 72.2 Å². The van der Waals surface area contributed by atoms with E-state index >= 15 is 0 Å². The fourth-order valence-electron chi connectivity index (χ4n) is 0. The molecule has 1 N–H and O–H groups in total. The van der Waals surface area contributed by atoms with Gasteiger partial charge in [0.15, 0.2) is 0 Å². The van der Waals surface area contributed by atoms with E-state index in [0.29, 0.717) is 0 Å². The lowest BCUT2D eigenvalue weighted by Gasteiger charge is -2.00. The summed E-state index contributed by atoms with van der Waals surface area (Å²) in [5, 5.41) is 7.57. The van der Waals surface area contributed by atoms with Crippen molar-refractivity contribution >= 4 is 0 Å². The molecule has 11 heavy (non-hydrogen) atoms. The van der Waals surface area contributed by atoms with Gasteiger partial charge >= 0.3 is 0 Å². The van der Waals surface area contributed by atoms with Gasteiger partial charge in [0, 0.05) is 6.61 Å². The molecule has 0 radical (unpaired) electrons. The van der Waals surface area contributed by atoms with Crippen molar-refractivity contribution < 1.29 is 5.11 Å². The first kappa shape index (κ1) is 17.1. The summed E-state index contributed by atoms with van der Waals surface area (Å²) < 4.78 is 0. The van der Waals surface area contributed by atoms with Gasteiger partial charge in [-0.3, -0.25) is 0 Å². The maximum absolute atomic E-state index is 7.57. The van der Waals surface area contributed by atoms with Gasteiger partial charge in [-0.2, -0.15) is 0 Å². The highest BCUT2D eigenvalue weighted by molar-refractivity contribution is 4.25. The Morgan fingerprint density at radius 3 is 1.09 bits per heavy atom. The minimum Gasteiger partial charge on any atom is -0.397 e. The van der Waals surface area contributed by atoms with Crippen LogP contribution in [0.2, 0.25) is 0 Å². The van der Waals surface area contributed by atoms with Crippen LogP contribution < -0.4 is 0 Å². The largest absolute Gasteiger partial charge is 0.397 e. The summed E-state index contributed by atoms with van der Waals surface area (Å²) in [6.07, 6.45) is 1.25. The topological polar surface area (TPSA) is 23.5 Å². The van der Waals surface area contributed by atoms with Gasteiger partial charge in [-0.05, 0) is 27.6 Å². The Balaban J connectivity index is -0.0000000933. The van der Waals surface area contributed by atoms with Crippen LogP contribution in [0, 0.1) is 0 Å². The Bertz CT molecular complexity index is 36.5. The standard InChI is InChI=1S/C4H11N.C3H8.C2H6O/c1-4-5(2)3;1-3-2;1-2-3/h4H2,1-3H3;3H2,1-2H3;3H,2H2,1H3. The molecular weight excluding hydrogens is 138 g/mol. The monoisotopic (exact) mass is 163 g/mol. The second-order valence-electron chi connectivity index (χ2n) is 2.42. The second-order valence-corrected chi connectivity index (χ2v) is 2.42. The molecule has 0 fully saturated rings. The Kier molecular flexibility index (Phi) is 35.1. The van der Waals surface area contributed by atoms with Gasteiger partial charge in [-0.15, -0.1) is 0 Å². The Morgan fingerprint density at radius 1 is 1.00 bits per heavy atom. The van der Waals surface area contributed by atoms with E-state index in [2.05, 4.69) is 39.8 Å². The maximum atomic E-state index is 7.57. The first-order chi connectivity index (χ1) is 5.10. The van der Waals surface area contributed by atoms with Crippen LogP contribution in [-0.4, -0.2) is 37.3 Å². The molecule has 0 aromatic heterocycles. The zero-order valence-corrected chi connectivity index (χ0v) is 9.02. The molecule has 0 saturated heterocycles. The summed E-state index contributed by atoms with van der Waals surface area (Å²) in [5.74, 6) is 0. The molecule has 0 atom stereocenters. The molecule has 0 aliphatic rings. The van der Waals surface area contributed by atoms with Crippen LogP contribution in [0.25, 0.3) is 0 Å². The van der Waals surface area contributed by atoms with Crippen molar-refractivity contribution in [3.05, 3.63) is 0 Å². The lowest BCUT2D eigenvalue weighted by atomic mass is 10.6. The average Bonchev–Trinajstić information content (AvgIpc) is 1.91. The van der Waals surface area contributed by atoms with Crippen molar-refractivity contribution in [2.24, 2.45) is 0 Å². The molecule has 0 aliphatic heterocycles. The third-order valence-electron chi connectivity index (χ3n) is 0.632. The van der Waals surface area contributed by atoms with Gasteiger partial charge in [-0.25, -0.2) is 0 Å². The van der Waals surface area contributed by atoms with E-state index in [4.69, 9.17) is 5.11 Å². The van der Waals surface area contributed by atoms with Crippen LogP contribution in [0.4, 0.5) is 0 Å². The molecule has 0 rings (SSSR count). The molecule has 0 unspecified atom stereocenters. The van der Waals surface area contributed by atoms with E-state index in [-0.39, 0.29) is 6.61 Å². The Hall–Kier alpha value is -0.0800. The van der Waals surface area contributed by atoms with Crippen LogP contribution in [0.1, 0.15) is 34.1 Å². The van der Waals surface area contributed by atoms with Gasteiger partial charge in [-0.1, -0.05) is 27.2 Å². The number of nitrogens with zero attached hydrogens (tertiary/aromatic N) is 1. The molecule has 0 aromatic carbocycles. The number of hydrogen-bond acceptors (Lipinski definition) is 2. The maximum Gasteiger partial charge on any atom is 0.0402 e. The molecule has 2 heteroatoms. The van der Waals surface area contributed by atoms with E-state index in [0.717, 1.165) is 6.54 Å². The van der Waals surface area contributed by atoms with Gasteiger partial charge in [0.25, 0.3) is 0 Å². The SMILES string of the molecule is CCC.CCN(C)C.CCO. The van der Waals surface area contributed by atoms with Crippen LogP contribution in [-0.2, 0) is 0 Å². The Morgan fingerprint density at radius 2 is 1.09 bits per heavy atom. The second kappa shape index (κ2) is 22.5. The van der Waals surface area contributed by atoms with Crippen LogP contribution in [0.3, 0.4) is 0 Å². The highest BCUT2D eigenvalue weighted by Gasteiger charge is 1.72. The minimum atomic E-state index is 0.250. The molecule has 72 valence electrons. The van der Waals surface area contributed by atoms with Gasteiger partial charge in [0.1, 0.15) is 0 Å². The lowest BCUT2D eigenvalue weighted by molar-refractivity contribution is 0.318. The van der Waals surface area contributed by atoms with E-state index in [1.807, 2.05) is 0 Å². The first-order valence-corrected chi connectivity index (χ1v) is 4.36. The molecule has 0 amide bonds. The molecule has 0 saturated carbocycles. The molecule has 2 nitrogen and oxygen atoms in total. The van der Waals surface area contributed by atoms with Crippen molar-refractivity contribution in [2.75, 3.05) is 27.2 Å².